The minimum Gasteiger partial charge on any atom is -0.203 e. The fraction of sp³-hybridized carbons (Fsp3) is 0.250. The largest absolute Gasteiger partial charge is 0.203 e. The Bertz CT molecular complexity index is 617. The Hall–Kier alpha value is -1.43. The van der Waals surface area contributed by atoms with Crippen molar-refractivity contribution in [2.75, 3.05) is 5.83 Å². The van der Waals surface area contributed by atoms with Crippen LogP contribution >= 0.6 is 15.9 Å². The van der Waals surface area contributed by atoms with Crippen LogP contribution in [0.4, 0.5) is 22.0 Å². The average molecular weight is 381 g/mol. The number of hydrogen-bond acceptors (Lipinski definition) is 0. The van der Waals surface area contributed by atoms with Crippen molar-refractivity contribution in [1.29, 1.82) is 0 Å². The smallest absolute Gasteiger partial charge is 0.200 e. The fourth-order valence-electron chi connectivity index (χ4n) is 2.42. The van der Waals surface area contributed by atoms with Crippen molar-refractivity contribution in [1.82, 2.24) is 0 Å². The summed E-state index contributed by atoms with van der Waals surface area (Å²) in [4.78, 5) is 0. The van der Waals surface area contributed by atoms with Gasteiger partial charge in [-0.05, 0) is 30.3 Å². The van der Waals surface area contributed by atoms with Crippen LogP contribution in [0.2, 0.25) is 0 Å². The van der Waals surface area contributed by atoms with Crippen LogP contribution in [-0.4, -0.2) is 5.83 Å². The molecular weight excluding hydrogens is 367 g/mol. The van der Waals surface area contributed by atoms with Crippen LogP contribution in [0.3, 0.4) is 0 Å². The molecule has 1 aliphatic carbocycles. The van der Waals surface area contributed by atoms with E-state index in [-0.39, 0.29) is 6.42 Å². The first kappa shape index (κ1) is 18.6. The van der Waals surface area contributed by atoms with E-state index in [1.165, 1.54) is 6.08 Å². The second-order valence-electron chi connectivity index (χ2n) is 4.41. The lowest BCUT2D eigenvalue weighted by molar-refractivity contribution is 0.363. The number of benzene rings is 1. The van der Waals surface area contributed by atoms with Gasteiger partial charge < -0.3 is 0 Å². The van der Waals surface area contributed by atoms with Crippen molar-refractivity contribution < 1.29 is 22.0 Å². The van der Waals surface area contributed by atoms with Gasteiger partial charge in [0.1, 0.15) is 0 Å². The third-order valence-electron chi connectivity index (χ3n) is 3.39. The van der Waals surface area contributed by atoms with Gasteiger partial charge in [-0.2, -0.15) is 0 Å². The van der Waals surface area contributed by atoms with E-state index in [1.807, 2.05) is 5.83 Å². The Morgan fingerprint density at radius 1 is 0.955 bits per heavy atom. The number of alkyl halides is 1. The summed E-state index contributed by atoms with van der Waals surface area (Å²) >= 11 is 2.94. The van der Waals surface area contributed by atoms with Crippen molar-refractivity contribution in [3.8, 4) is 0 Å². The number of rotatable bonds is 2. The summed E-state index contributed by atoms with van der Waals surface area (Å²) in [5.41, 5.74) is 0.556. The lowest BCUT2D eigenvalue weighted by atomic mass is 9.70. The van der Waals surface area contributed by atoms with E-state index in [1.54, 1.807) is 19.1 Å². The van der Waals surface area contributed by atoms with E-state index in [0.29, 0.717) is 5.57 Å². The molecule has 1 fully saturated rings. The quantitative estimate of drug-likeness (QED) is 0.258. The molecule has 1 atom stereocenters. The first-order chi connectivity index (χ1) is 10.4. The molecule has 0 radical (unpaired) electrons. The van der Waals surface area contributed by atoms with Gasteiger partial charge in [0.05, 0.1) is 0 Å². The Labute approximate surface area is 134 Å². The third-order valence-corrected chi connectivity index (χ3v) is 3.39. The first-order valence-corrected chi connectivity index (χ1v) is 7.89. The molecule has 1 aromatic rings. The molecule has 1 unspecified atom stereocenters. The van der Waals surface area contributed by atoms with E-state index in [9.17, 15) is 22.0 Å². The maximum absolute atomic E-state index is 13.7. The monoisotopic (exact) mass is 380 g/mol. The highest BCUT2D eigenvalue weighted by Gasteiger charge is 2.38. The molecule has 1 aliphatic rings. The Kier molecular flexibility index (Phi) is 6.53. The zero-order valence-corrected chi connectivity index (χ0v) is 13.6. The van der Waals surface area contributed by atoms with Gasteiger partial charge in [-0.25, -0.2) is 22.0 Å². The highest BCUT2D eigenvalue weighted by atomic mass is 79.9. The van der Waals surface area contributed by atoms with Crippen molar-refractivity contribution in [3.63, 3.8) is 0 Å². The van der Waals surface area contributed by atoms with Crippen LogP contribution in [0, 0.1) is 29.1 Å². The van der Waals surface area contributed by atoms with Crippen molar-refractivity contribution in [2.24, 2.45) is 0 Å². The number of hydrogen-bond donors (Lipinski definition) is 0. The molecule has 1 aromatic carbocycles. The van der Waals surface area contributed by atoms with Crippen LogP contribution in [0.5, 0.6) is 0 Å². The zero-order chi connectivity index (χ0) is 17.0. The molecule has 0 N–H and O–H groups in total. The fourth-order valence-corrected chi connectivity index (χ4v) is 2.42. The minimum atomic E-state index is -2.13. The van der Waals surface area contributed by atoms with Crippen LogP contribution < -0.4 is 0 Å². The molecule has 0 aromatic heterocycles. The number of halogens is 6. The molecule has 6 heteroatoms. The van der Waals surface area contributed by atoms with Gasteiger partial charge in [0.25, 0.3) is 0 Å². The van der Waals surface area contributed by atoms with Crippen molar-refractivity contribution in [3.05, 3.63) is 70.6 Å². The summed E-state index contributed by atoms with van der Waals surface area (Å²) in [5, 5.41) is 0. The lowest BCUT2D eigenvalue weighted by Gasteiger charge is -2.34. The summed E-state index contributed by atoms with van der Waals surface area (Å²) in [5.74, 6) is -8.48. The predicted molar refractivity (Wildman–Crippen MR) is 80.5 cm³/mol. The summed E-state index contributed by atoms with van der Waals surface area (Å²) < 4.78 is 66.8. The molecule has 22 heavy (non-hydrogen) atoms. The molecule has 0 heterocycles. The molecule has 120 valence electrons. The molecule has 0 nitrogen and oxygen atoms in total. The molecule has 0 saturated heterocycles. The summed E-state index contributed by atoms with van der Waals surface area (Å²) in [6.45, 7) is 5.15. The average Bonchev–Trinajstić information content (AvgIpc) is 2.51. The van der Waals surface area contributed by atoms with E-state index < -0.39 is 40.6 Å². The van der Waals surface area contributed by atoms with Gasteiger partial charge in [-0.3, -0.25) is 0 Å². The molecule has 0 spiro atoms. The van der Waals surface area contributed by atoms with Crippen molar-refractivity contribution in [2.45, 2.75) is 19.3 Å². The molecular formula is C16H14BrF5. The number of allylic oxidation sites excluding steroid dienone is 5. The SMILES string of the molecule is C=C/C=C1/CC(c2c(F)c(F)c(F)c(F)c2F)/C1=C/C.CBr. The van der Waals surface area contributed by atoms with Crippen LogP contribution in [0.15, 0.2) is 36.0 Å². The summed E-state index contributed by atoms with van der Waals surface area (Å²) in [6, 6.07) is 0. The van der Waals surface area contributed by atoms with Gasteiger partial charge in [0, 0.05) is 11.5 Å². The van der Waals surface area contributed by atoms with Gasteiger partial charge in [-0.1, -0.05) is 40.7 Å². The zero-order valence-electron chi connectivity index (χ0n) is 12.0. The maximum atomic E-state index is 13.7. The standard InChI is InChI=1S/C15H11F5.CH3Br/c1-3-5-7-6-9(8(7)4-2)10-11(16)13(18)15(20)14(19)12(10)17;1-2/h3-5,9H,1,6H2,2H3;1H3/b7-5-,8-4+;. The third kappa shape index (κ3) is 3.02. The summed E-state index contributed by atoms with van der Waals surface area (Å²) in [7, 11) is 0. The van der Waals surface area contributed by atoms with Gasteiger partial charge in [0.2, 0.25) is 5.82 Å². The lowest BCUT2D eigenvalue weighted by Crippen LogP contribution is -2.22. The predicted octanol–water partition coefficient (Wildman–Crippen LogP) is 5.94. The molecule has 0 bridgehead atoms. The van der Waals surface area contributed by atoms with E-state index in [2.05, 4.69) is 22.5 Å². The van der Waals surface area contributed by atoms with Crippen LogP contribution in [-0.2, 0) is 0 Å². The first-order valence-electron chi connectivity index (χ1n) is 6.31. The highest BCUT2D eigenvalue weighted by molar-refractivity contribution is 9.08. The second kappa shape index (κ2) is 7.72. The summed E-state index contributed by atoms with van der Waals surface area (Å²) in [6.07, 6.45) is 4.97. The van der Waals surface area contributed by atoms with Gasteiger partial charge in [0.15, 0.2) is 23.3 Å². The highest BCUT2D eigenvalue weighted by Crippen LogP contribution is 2.48. The topological polar surface area (TPSA) is 0 Å². The minimum absolute atomic E-state index is 0.212. The normalized spacial score (nSPS) is 20.5. The molecule has 2 rings (SSSR count). The second-order valence-corrected chi connectivity index (χ2v) is 4.41. The Morgan fingerprint density at radius 3 is 1.82 bits per heavy atom. The molecule has 0 aliphatic heterocycles. The van der Waals surface area contributed by atoms with E-state index >= 15 is 0 Å². The van der Waals surface area contributed by atoms with Gasteiger partial charge in [-0.15, -0.1) is 0 Å². The van der Waals surface area contributed by atoms with Crippen LogP contribution in [0.25, 0.3) is 0 Å². The molecule has 0 amide bonds. The Morgan fingerprint density at radius 2 is 1.41 bits per heavy atom. The van der Waals surface area contributed by atoms with Crippen molar-refractivity contribution >= 4 is 15.9 Å². The Balaban J connectivity index is 0.00000116. The molecule has 1 saturated carbocycles. The van der Waals surface area contributed by atoms with Gasteiger partial charge >= 0.3 is 0 Å². The van der Waals surface area contributed by atoms with E-state index in [0.717, 1.165) is 5.57 Å². The van der Waals surface area contributed by atoms with E-state index in [4.69, 9.17) is 0 Å². The maximum Gasteiger partial charge on any atom is 0.200 e. The van der Waals surface area contributed by atoms with Crippen LogP contribution in [0.1, 0.15) is 24.8 Å².